The van der Waals surface area contributed by atoms with Crippen molar-refractivity contribution in [3.05, 3.63) is 23.8 Å². The Labute approximate surface area is 126 Å². The normalized spacial score (nSPS) is 18.2. The summed E-state index contributed by atoms with van der Waals surface area (Å²) >= 11 is 0. The Morgan fingerprint density at radius 2 is 2.00 bits per heavy atom. The van der Waals surface area contributed by atoms with Crippen LogP contribution < -0.4 is 10.5 Å². The number of anilines is 1. The van der Waals surface area contributed by atoms with Crippen molar-refractivity contribution in [1.29, 1.82) is 0 Å². The summed E-state index contributed by atoms with van der Waals surface area (Å²) in [7, 11) is 0. The molecule has 0 unspecified atom stereocenters. The summed E-state index contributed by atoms with van der Waals surface area (Å²) < 4.78 is 11.0. The van der Waals surface area contributed by atoms with Crippen molar-refractivity contribution in [1.82, 2.24) is 0 Å². The minimum absolute atomic E-state index is 0.178. The van der Waals surface area contributed by atoms with E-state index in [0.717, 1.165) is 25.7 Å². The van der Waals surface area contributed by atoms with Crippen molar-refractivity contribution in [3.63, 3.8) is 0 Å². The van der Waals surface area contributed by atoms with Crippen molar-refractivity contribution < 1.29 is 14.3 Å². The van der Waals surface area contributed by atoms with E-state index >= 15 is 0 Å². The number of ether oxygens (including phenoxy) is 2. The van der Waals surface area contributed by atoms with Gasteiger partial charge < -0.3 is 15.2 Å². The molecule has 0 radical (unpaired) electrons. The number of hydrogen-bond donors (Lipinski definition) is 1. The average molecular weight is 291 g/mol. The lowest BCUT2D eigenvalue weighted by molar-refractivity contribution is 0.0525. The van der Waals surface area contributed by atoms with E-state index in [2.05, 4.69) is 13.8 Å². The van der Waals surface area contributed by atoms with Gasteiger partial charge in [0.25, 0.3) is 0 Å². The van der Waals surface area contributed by atoms with Crippen LogP contribution in [0, 0.1) is 5.41 Å². The molecule has 4 heteroatoms. The number of nitrogens with two attached hydrogens (primary N) is 1. The molecule has 21 heavy (non-hydrogen) atoms. The first-order chi connectivity index (χ1) is 9.91. The summed E-state index contributed by atoms with van der Waals surface area (Å²) in [6, 6.07) is 5.06. The Hall–Kier alpha value is -1.71. The van der Waals surface area contributed by atoms with Crippen LogP contribution in [0.4, 0.5) is 5.69 Å². The smallest absolute Gasteiger partial charge is 0.338 e. The molecule has 4 nitrogen and oxygen atoms in total. The molecule has 1 aliphatic carbocycles. The van der Waals surface area contributed by atoms with Gasteiger partial charge in [-0.05, 0) is 56.2 Å². The van der Waals surface area contributed by atoms with Gasteiger partial charge in [-0.1, -0.05) is 13.8 Å². The maximum Gasteiger partial charge on any atom is 0.338 e. The summed E-state index contributed by atoms with van der Waals surface area (Å²) in [5.41, 5.74) is 7.40. The third-order valence-corrected chi connectivity index (χ3v) is 4.10. The van der Waals surface area contributed by atoms with Crippen LogP contribution in [-0.2, 0) is 4.74 Å². The zero-order valence-corrected chi connectivity index (χ0v) is 13.1. The standard InChI is InChI=1S/C17H25NO3/c1-4-20-16(19)12-5-6-14(18)15(11-12)21-13-7-9-17(2,3)10-8-13/h5-6,11,13H,4,7-10,18H2,1-3H3. The molecule has 0 heterocycles. The number of benzene rings is 1. The fraction of sp³-hybridized carbons (Fsp3) is 0.588. The van der Waals surface area contributed by atoms with E-state index in [-0.39, 0.29) is 12.1 Å². The Bertz CT molecular complexity index is 501. The molecule has 1 saturated carbocycles. The second kappa shape index (κ2) is 6.37. The number of nitrogen functional groups attached to an aromatic ring is 1. The highest BCUT2D eigenvalue weighted by Crippen LogP contribution is 2.37. The zero-order chi connectivity index (χ0) is 15.5. The Morgan fingerprint density at radius 3 is 2.62 bits per heavy atom. The van der Waals surface area contributed by atoms with E-state index in [1.54, 1.807) is 25.1 Å². The van der Waals surface area contributed by atoms with Crippen molar-refractivity contribution >= 4 is 11.7 Å². The molecule has 0 aromatic heterocycles. The molecule has 2 rings (SSSR count). The predicted molar refractivity (Wildman–Crippen MR) is 83.5 cm³/mol. The van der Waals surface area contributed by atoms with Crippen LogP contribution in [0.25, 0.3) is 0 Å². The Balaban J connectivity index is 2.06. The third kappa shape index (κ3) is 4.13. The molecule has 0 spiro atoms. The molecule has 1 aromatic rings. The number of rotatable bonds is 4. The van der Waals surface area contributed by atoms with Crippen LogP contribution in [-0.4, -0.2) is 18.7 Å². The number of esters is 1. The van der Waals surface area contributed by atoms with Gasteiger partial charge in [-0.15, -0.1) is 0 Å². The second-order valence-corrected chi connectivity index (χ2v) is 6.45. The van der Waals surface area contributed by atoms with Crippen molar-refractivity contribution in [2.75, 3.05) is 12.3 Å². The van der Waals surface area contributed by atoms with Crippen LogP contribution >= 0.6 is 0 Å². The lowest BCUT2D eigenvalue weighted by Crippen LogP contribution is -2.28. The van der Waals surface area contributed by atoms with Gasteiger partial charge in [0, 0.05) is 0 Å². The maximum absolute atomic E-state index is 11.8. The highest BCUT2D eigenvalue weighted by Gasteiger charge is 2.28. The van der Waals surface area contributed by atoms with E-state index in [9.17, 15) is 4.79 Å². The van der Waals surface area contributed by atoms with Crippen molar-refractivity contribution in [2.45, 2.75) is 52.6 Å². The van der Waals surface area contributed by atoms with Crippen LogP contribution in [0.5, 0.6) is 5.75 Å². The summed E-state index contributed by atoms with van der Waals surface area (Å²) in [5.74, 6) is 0.248. The largest absolute Gasteiger partial charge is 0.488 e. The van der Waals surface area contributed by atoms with Crippen LogP contribution in [0.15, 0.2) is 18.2 Å². The van der Waals surface area contributed by atoms with E-state index < -0.39 is 0 Å². The van der Waals surface area contributed by atoms with Gasteiger partial charge >= 0.3 is 5.97 Å². The lowest BCUT2D eigenvalue weighted by atomic mass is 9.76. The van der Waals surface area contributed by atoms with Crippen molar-refractivity contribution in [2.24, 2.45) is 5.41 Å². The summed E-state index contributed by atoms with van der Waals surface area (Å²) in [5, 5.41) is 0. The monoisotopic (exact) mass is 291 g/mol. The first kappa shape index (κ1) is 15.7. The van der Waals surface area contributed by atoms with Crippen LogP contribution in [0.1, 0.15) is 56.8 Å². The first-order valence-corrected chi connectivity index (χ1v) is 7.64. The summed E-state index contributed by atoms with van der Waals surface area (Å²) in [4.78, 5) is 11.8. The molecule has 116 valence electrons. The van der Waals surface area contributed by atoms with Gasteiger partial charge in [0.2, 0.25) is 0 Å². The van der Waals surface area contributed by atoms with E-state index in [1.807, 2.05) is 0 Å². The van der Waals surface area contributed by atoms with E-state index in [4.69, 9.17) is 15.2 Å². The SMILES string of the molecule is CCOC(=O)c1ccc(N)c(OC2CCC(C)(C)CC2)c1. The quantitative estimate of drug-likeness (QED) is 0.677. The zero-order valence-electron chi connectivity index (χ0n) is 13.1. The first-order valence-electron chi connectivity index (χ1n) is 7.64. The van der Waals surface area contributed by atoms with Gasteiger partial charge in [0.15, 0.2) is 0 Å². The highest BCUT2D eigenvalue weighted by atomic mass is 16.5. The molecule has 0 aliphatic heterocycles. The minimum atomic E-state index is -0.341. The lowest BCUT2D eigenvalue weighted by Gasteiger charge is -2.34. The predicted octanol–water partition coefficient (Wildman–Crippen LogP) is 3.79. The number of carbonyl (C=O) groups excluding carboxylic acids is 1. The summed E-state index contributed by atoms with van der Waals surface area (Å²) in [6.07, 6.45) is 4.52. The molecule has 1 aromatic carbocycles. The molecule has 0 amide bonds. The molecule has 0 saturated heterocycles. The minimum Gasteiger partial charge on any atom is -0.488 e. The van der Waals surface area contributed by atoms with E-state index in [0.29, 0.717) is 29.0 Å². The van der Waals surface area contributed by atoms with Crippen molar-refractivity contribution in [3.8, 4) is 5.75 Å². The molecular weight excluding hydrogens is 266 g/mol. The third-order valence-electron chi connectivity index (χ3n) is 4.10. The van der Waals surface area contributed by atoms with E-state index in [1.165, 1.54) is 0 Å². The summed E-state index contributed by atoms with van der Waals surface area (Å²) in [6.45, 7) is 6.73. The fourth-order valence-corrected chi connectivity index (χ4v) is 2.65. The highest BCUT2D eigenvalue weighted by molar-refractivity contribution is 5.90. The molecule has 1 fully saturated rings. The molecule has 0 atom stereocenters. The van der Waals surface area contributed by atoms with Crippen LogP contribution in [0.3, 0.4) is 0 Å². The molecular formula is C17H25NO3. The fourth-order valence-electron chi connectivity index (χ4n) is 2.65. The number of carbonyl (C=O) groups is 1. The van der Waals surface area contributed by atoms with Crippen LogP contribution in [0.2, 0.25) is 0 Å². The molecule has 1 aliphatic rings. The van der Waals surface area contributed by atoms with Gasteiger partial charge in [0.1, 0.15) is 5.75 Å². The Kier molecular flexibility index (Phi) is 4.76. The van der Waals surface area contributed by atoms with Gasteiger partial charge in [0.05, 0.1) is 24.0 Å². The van der Waals surface area contributed by atoms with Gasteiger partial charge in [-0.3, -0.25) is 0 Å². The Morgan fingerprint density at radius 1 is 1.33 bits per heavy atom. The molecule has 2 N–H and O–H groups in total. The number of hydrogen-bond acceptors (Lipinski definition) is 4. The average Bonchev–Trinajstić information content (AvgIpc) is 2.43. The van der Waals surface area contributed by atoms with Gasteiger partial charge in [-0.25, -0.2) is 4.79 Å². The maximum atomic E-state index is 11.8. The second-order valence-electron chi connectivity index (χ2n) is 6.45. The van der Waals surface area contributed by atoms with Gasteiger partial charge in [-0.2, -0.15) is 0 Å². The molecule has 0 bridgehead atoms. The topological polar surface area (TPSA) is 61.5 Å².